The Morgan fingerprint density at radius 2 is 2.19 bits per heavy atom. The van der Waals surface area contributed by atoms with E-state index in [2.05, 4.69) is 56.0 Å². The maximum absolute atomic E-state index is 14.5. The van der Waals surface area contributed by atoms with Crippen molar-refractivity contribution >= 4 is 27.1 Å². The van der Waals surface area contributed by atoms with Crippen LogP contribution in [-0.4, -0.2) is 40.2 Å². The number of aromatic nitrogens is 2. The quantitative estimate of drug-likeness (QED) is 0.698. The fourth-order valence-electron chi connectivity index (χ4n) is 4.38. The summed E-state index contributed by atoms with van der Waals surface area (Å²) in [7, 11) is 0. The molecule has 7 heteroatoms. The van der Waals surface area contributed by atoms with Gasteiger partial charge in [0.05, 0.1) is 18.4 Å². The molecule has 3 aliphatic rings. The number of fused-ring (bicyclic) bond motifs is 3. The standard InChI is InChI=1S/C20H17BrFN5/c1-12-9-25(11-19-16-4-2-14(21)6-13(16)10-26(12)19)18-5-3-15(7-23)27-20(18)17(22)8-24-27/h2-3,5-6,8,12H,4,9-11H2,1H3/t12-/m1/s1. The Labute approximate surface area is 164 Å². The Kier molecular flexibility index (Phi) is 3.66. The molecule has 136 valence electrons. The summed E-state index contributed by atoms with van der Waals surface area (Å²) in [4.78, 5) is 4.67. The molecule has 0 spiro atoms. The molecule has 1 aliphatic carbocycles. The maximum atomic E-state index is 14.5. The number of nitrogens with zero attached hydrogens (tertiary/aromatic N) is 5. The highest BCUT2D eigenvalue weighted by Crippen LogP contribution is 2.40. The highest BCUT2D eigenvalue weighted by Gasteiger charge is 2.36. The number of pyridine rings is 1. The van der Waals surface area contributed by atoms with Crippen LogP contribution in [0.2, 0.25) is 0 Å². The van der Waals surface area contributed by atoms with Crippen LogP contribution in [0.3, 0.4) is 0 Å². The van der Waals surface area contributed by atoms with Crippen molar-refractivity contribution in [3.05, 3.63) is 63.3 Å². The van der Waals surface area contributed by atoms with E-state index >= 15 is 0 Å². The molecule has 0 aromatic carbocycles. The van der Waals surface area contributed by atoms with Gasteiger partial charge in [0.1, 0.15) is 17.3 Å². The SMILES string of the molecule is C[C@@H]1CN(c2ccc(C#N)n3ncc(F)c23)CC2=C3CC=C(Br)C=C3CN21. The van der Waals surface area contributed by atoms with E-state index in [9.17, 15) is 9.65 Å². The summed E-state index contributed by atoms with van der Waals surface area (Å²) in [6.07, 6.45) is 6.50. The van der Waals surface area contributed by atoms with E-state index in [4.69, 9.17) is 0 Å². The van der Waals surface area contributed by atoms with Crippen LogP contribution < -0.4 is 4.90 Å². The second-order valence-electron chi connectivity index (χ2n) is 7.21. The van der Waals surface area contributed by atoms with Gasteiger partial charge in [0.15, 0.2) is 5.82 Å². The molecule has 0 saturated carbocycles. The first kappa shape index (κ1) is 16.6. The van der Waals surface area contributed by atoms with Crippen molar-refractivity contribution in [1.29, 1.82) is 5.26 Å². The second-order valence-corrected chi connectivity index (χ2v) is 8.13. The zero-order chi connectivity index (χ0) is 18.7. The number of piperazine rings is 1. The van der Waals surface area contributed by atoms with Crippen molar-refractivity contribution < 1.29 is 4.39 Å². The Morgan fingerprint density at radius 1 is 1.33 bits per heavy atom. The lowest BCUT2D eigenvalue weighted by molar-refractivity contribution is 0.274. The Balaban J connectivity index is 1.60. The molecule has 0 N–H and O–H groups in total. The fraction of sp³-hybridized carbons (Fsp3) is 0.300. The van der Waals surface area contributed by atoms with Crippen molar-refractivity contribution in [2.45, 2.75) is 19.4 Å². The van der Waals surface area contributed by atoms with Gasteiger partial charge in [0.2, 0.25) is 0 Å². The van der Waals surface area contributed by atoms with Gasteiger partial charge in [-0.1, -0.05) is 22.0 Å². The molecule has 5 rings (SSSR count). The van der Waals surface area contributed by atoms with Crippen LogP contribution in [-0.2, 0) is 0 Å². The number of anilines is 1. The minimum atomic E-state index is -0.397. The summed E-state index contributed by atoms with van der Waals surface area (Å²) in [6, 6.07) is 5.95. The molecular formula is C20H17BrFN5. The lowest BCUT2D eigenvalue weighted by Gasteiger charge is -2.42. The monoisotopic (exact) mass is 425 g/mol. The van der Waals surface area contributed by atoms with E-state index < -0.39 is 5.82 Å². The van der Waals surface area contributed by atoms with Crippen molar-refractivity contribution in [3.8, 4) is 6.07 Å². The summed E-state index contributed by atoms with van der Waals surface area (Å²) < 4.78 is 17.0. The molecule has 2 aromatic rings. The van der Waals surface area contributed by atoms with E-state index in [0.717, 1.165) is 36.2 Å². The van der Waals surface area contributed by atoms with Crippen molar-refractivity contribution in [2.75, 3.05) is 24.5 Å². The molecule has 0 amide bonds. The van der Waals surface area contributed by atoms with E-state index in [0.29, 0.717) is 17.3 Å². The highest BCUT2D eigenvalue weighted by atomic mass is 79.9. The maximum Gasteiger partial charge on any atom is 0.171 e. The summed E-state index contributed by atoms with van der Waals surface area (Å²) >= 11 is 3.59. The van der Waals surface area contributed by atoms with Crippen molar-refractivity contribution in [1.82, 2.24) is 14.5 Å². The minimum absolute atomic E-state index is 0.313. The van der Waals surface area contributed by atoms with Crippen LogP contribution in [0, 0.1) is 17.1 Å². The van der Waals surface area contributed by atoms with Crippen LogP contribution >= 0.6 is 15.9 Å². The van der Waals surface area contributed by atoms with Gasteiger partial charge in [-0.3, -0.25) is 0 Å². The molecule has 27 heavy (non-hydrogen) atoms. The fourth-order valence-corrected chi connectivity index (χ4v) is 4.82. The molecule has 0 bridgehead atoms. The van der Waals surface area contributed by atoms with E-state index in [1.54, 1.807) is 6.07 Å². The van der Waals surface area contributed by atoms with E-state index in [1.165, 1.54) is 27.6 Å². The number of allylic oxidation sites excluding steroid dienone is 3. The number of hydrogen-bond donors (Lipinski definition) is 0. The lowest BCUT2D eigenvalue weighted by atomic mass is 9.99. The average Bonchev–Trinajstić information content (AvgIpc) is 3.22. The van der Waals surface area contributed by atoms with Gasteiger partial charge in [-0.05, 0) is 42.7 Å². The molecule has 2 aliphatic heterocycles. The molecule has 4 heterocycles. The molecule has 0 radical (unpaired) electrons. The highest BCUT2D eigenvalue weighted by molar-refractivity contribution is 9.11. The average molecular weight is 426 g/mol. The lowest BCUT2D eigenvalue weighted by Crippen LogP contribution is -2.49. The third-order valence-corrected chi connectivity index (χ3v) is 6.20. The predicted octanol–water partition coefficient (Wildman–Crippen LogP) is 3.73. The van der Waals surface area contributed by atoms with E-state index in [-0.39, 0.29) is 0 Å². The molecule has 2 aromatic heterocycles. The zero-order valence-corrected chi connectivity index (χ0v) is 16.4. The number of halogens is 2. The summed E-state index contributed by atoms with van der Waals surface area (Å²) in [6.45, 7) is 4.67. The van der Waals surface area contributed by atoms with Gasteiger partial charge in [-0.2, -0.15) is 10.4 Å². The topological polar surface area (TPSA) is 47.6 Å². The molecule has 1 atom stereocenters. The van der Waals surface area contributed by atoms with Crippen LogP contribution in [0.4, 0.5) is 10.1 Å². The summed E-state index contributed by atoms with van der Waals surface area (Å²) in [5, 5.41) is 13.3. The molecule has 5 nitrogen and oxygen atoms in total. The third kappa shape index (κ3) is 2.43. The third-order valence-electron chi connectivity index (χ3n) is 5.64. The molecule has 1 fully saturated rings. The van der Waals surface area contributed by atoms with Gasteiger partial charge in [-0.25, -0.2) is 8.91 Å². The zero-order valence-electron chi connectivity index (χ0n) is 14.8. The molecule has 0 unspecified atom stereocenters. The minimum Gasteiger partial charge on any atom is -0.364 e. The first-order valence-corrected chi connectivity index (χ1v) is 9.72. The van der Waals surface area contributed by atoms with Gasteiger partial charge >= 0.3 is 0 Å². The predicted molar refractivity (Wildman–Crippen MR) is 105 cm³/mol. The second kappa shape index (κ2) is 5.96. The van der Waals surface area contributed by atoms with E-state index in [1.807, 2.05) is 6.07 Å². The van der Waals surface area contributed by atoms with Gasteiger partial charge < -0.3 is 9.80 Å². The number of rotatable bonds is 1. The smallest absolute Gasteiger partial charge is 0.171 e. The Bertz CT molecular complexity index is 1100. The summed E-state index contributed by atoms with van der Waals surface area (Å²) in [5.74, 6) is -0.397. The van der Waals surface area contributed by atoms with Crippen LogP contribution in [0.25, 0.3) is 5.52 Å². The normalized spacial score (nSPS) is 21.8. The van der Waals surface area contributed by atoms with Crippen LogP contribution in [0.15, 0.2) is 51.8 Å². The number of hydrogen-bond acceptors (Lipinski definition) is 4. The van der Waals surface area contributed by atoms with Crippen LogP contribution in [0.5, 0.6) is 0 Å². The Morgan fingerprint density at radius 3 is 3.00 bits per heavy atom. The van der Waals surface area contributed by atoms with Gasteiger partial charge in [0, 0.05) is 29.3 Å². The molecular weight excluding hydrogens is 409 g/mol. The number of nitriles is 1. The van der Waals surface area contributed by atoms with Crippen LogP contribution in [0.1, 0.15) is 19.0 Å². The van der Waals surface area contributed by atoms with Gasteiger partial charge in [-0.15, -0.1) is 0 Å². The largest absolute Gasteiger partial charge is 0.364 e. The molecule has 1 saturated heterocycles. The summed E-state index contributed by atoms with van der Waals surface area (Å²) in [5.41, 5.74) is 5.56. The Hall–Kier alpha value is -2.59. The van der Waals surface area contributed by atoms with Crippen molar-refractivity contribution in [2.24, 2.45) is 0 Å². The van der Waals surface area contributed by atoms with Crippen molar-refractivity contribution in [3.63, 3.8) is 0 Å². The first-order valence-electron chi connectivity index (χ1n) is 8.93. The first-order chi connectivity index (χ1) is 13.1. The van der Waals surface area contributed by atoms with Gasteiger partial charge in [0.25, 0.3) is 0 Å².